The molecule has 0 bridgehead atoms. The number of benzene rings is 1. The molecule has 3 aromatic rings. The molecule has 1 amide bonds. The van der Waals surface area contributed by atoms with E-state index in [1.807, 2.05) is 43.3 Å². The van der Waals surface area contributed by atoms with Crippen LogP contribution in [0.25, 0.3) is 0 Å². The Morgan fingerprint density at radius 3 is 2.63 bits per heavy atom. The van der Waals surface area contributed by atoms with Crippen molar-refractivity contribution in [1.29, 1.82) is 0 Å². The van der Waals surface area contributed by atoms with Crippen LogP contribution >= 0.6 is 0 Å². The average Bonchev–Trinajstić information content (AvgIpc) is 3.38. The van der Waals surface area contributed by atoms with Gasteiger partial charge in [-0.1, -0.05) is 12.1 Å². The highest BCUT2D eigenvalue weighted by molar-refractivity contribution is 6.02. The number of carbonyl (C=O) groups excluding carboxylic acids is 1. The predicted octanol–water partition coefficient (Wildman–Crippen LogP) is 3.38. The predicted molar refractivity (Wildman–Crippen MR) is 103 cm³/mol. The third-order valence-corrected chi connectivity index (χ3v) is 3.70. The number of rotatable bonds is 7. The molecule has 0 saturated heterocycles. The van der Waals surface area contributed by atoms with Gasteiger partial charge in [0.2, 0.25) is 0 Å². The van der Waals surface area contributed by atoms with Crippen molar-refractivity contribution in [3.8, 4) is 0 Å². The number of hydrogen-bond acceptors (Lipinski definition) is 4. The summed E-state index contributed by atoms with van der Waals surface area (Å²) in [4.78, 5) is 16.6. The second-order valence-electron chi connectivity index (χ2n) is 5.76. The van der Waals surface area contributed by atoms with E-state index in [-0.39, 0.29) is 11.7 Å². The van der Waals surface area contributed by atoms with Gasteiger partial charge >= 0.3 is 0 Å². The molecule has 0 spiro atoms. The van der Waals surface area contributed by atoms with Crippen molar-refractivity contribution in [3.63, 3.8) is 0 Å². The zero-order chi connectivity index (χ0) is 18.9. The van der Waals surface area contributed by atoms with Crippen LogP contribution in [-0.2, 0) is 13.1 Å². The normalized spacial score (nSPS) is 11.2. The van der Waals surface area contributed by atoms with Gasteiger partial charge in [0.05, 0.1) is 25.6 Å². The molecule has 3 N–H and O–H groups in total. The zero-order valence-electron chi connectivity index (χ0n) is 15.1. The van der Waals surface area contributed by atoms with Crippen molar-refractivity contribution in [2.45, 2.75) is 20.0 Å². The molecule has 0 fully saturated rings. The lowest BCUT2D eigenvalue weighted by Gasteiger charge is -2.10. The van der Waals surface area contributed by atoms with Crippen LogP contribution in [0.4, 0.5) is 5.69 Å². The molecule has 0 aliphatic carbocycles. The average molecular weight is 366 g/mol. The number of guanidine groups is 1. The van der Waals surface area contributed by atoms with E-state index in [2.05, 4.69) is 20.9 Å². The maximum absolute atomic E-state index is 12.1. The summed E-state index contributed by atoms with van der Waals surface area (Å²) < 4.78 is 10.4. The molecule has 3 rings (SSSR count). The summed E-state index contributed by atoms with van der Waals surface area (Å²) >= 11 is 0. The molecule has 2 heterocycles. The number of furan rings is 2. The van der Waals surface area contributed by atoms with E-state index in [0.29, 0.717) is 24.7 Å². The molecule has 7 nitrogen and oxygen atoms in total. The molecular formula is C20H22N4O3. The number of amides is 1. The van der Waals surface area contributed by atoms with Gasteiger partial charge in [-0.25, -0.2) is 4.99 Å². The number of nitrogens with zero attached hydrogens (tertiary/aromatic N) is 1. The van der Waals surface area contributed by atoms with Crippen LogP contribution < -0.4 is 16.0 Å². The van der Waals surface area contributed by atoms with Crippen molar-refractivity contribution in [2.75, 3.05) is 11.9 Å². The van der Waals surface area contributed by atoms with Crippen molar-refractivity contribution in [2.24, 2.45) is 4.99 Å². The standard InChI is InChI=1S/C20H22N4O3/c1-2-21-20(23-14-17-8-4-10-26-17)22-13-15-6-3-7-16(12-15)24-19(25)18-9-5-11-27-18/h3-12H,2,13-14H2,1H3,(H,24,25)(H2,21,22,23). The molecule has 0 saturated carbocycles. The maximum Gasteiger partial charge on any atom is 0.291 e. The molecule has 0 atom stereocenters. The molecule has 0 unspecified atom stereocenters. The number of anilines is 1. The van der Waals surface area contributed by atoms with E-state index in [1.54, 1.807) is 18.4 Å². The Morgan fingerprint density at radius 1 is 1.04 bits per heavy atom. The van der Waals surface area contributed by atoms with E-state index >= 15 is 0 Å². The van der Waals surface area contributed by atoms with E-state index in [0.717, 1.165) is 17.9 Å². The van der Waals surface area contributed by atoms with Crippen LogP contribution in [0.1, 0.15) is 28.8 Å². The van der Waals surface area contributed by atoms with Crippen LogP contribution in [0.2, 0.25) is 0 Å². The van der Waals surface area contributed by atoms with E-state index in [9.17, 15) is 4.79 Å². The maximum atomic E-state index is 12.1. The van der Waals surface area contributed by atoms with Gasteiger partial charge in [0.15, 0.2) is 11.7 Å². The molecule has 0 aliphatic rings. The Morgan fingerprint density at radius 2 is 1.89 bits per heavy atom. The van der Waals surface area contributed by atoms with Gasteiger partial charge in [0, 0.05) is 12.2 Å². The van der Waals surface area contributed by atoms with Crippen molar-refractivity contribution >= 4 is 17.6 Å². The lowest BCUT2D eigenvalue weighted by molar-refractivity contribution is 0.0996. The molecule has 2 aromatic heterocycles. The summed E-state index contributed by atoms with van der Waals surface area (Å²) in [6.07, 6.45) is 3.11. The molecule has 0 aliphatic heterocycles. The third kappa shape index (κ3) is 5.50. The van der Waals surface area contributed by atoms with Gasteiger partial charge in [-0.15, -0.1) is 0 Å². The van der Waals surface area contributed by atoms with Crippen LogP contribution in [0.3, 0.4) is 0 Å². The smallest absolute Gasteiger partial charge is 0.291 e. The minimum atomic E-state index is -0.283. The van der Waals surface area contributed by atoms with Gasteiger partial charge in [0.1, 0.15) is 5.76 Å². The summed E-state index contributed by atoms with van der Waals surface area (Å²) in [5.41, 5.74) is 1.67. The summed E-state index contributed by atoms with van der Waals surface area (Å²) in [7, 11) is 0. The zero-order valence-corrected chi connectivity index (χ0v) is 15.1. The van der Waals surface area contributed by atoms with Crippen LogP contribution in [0.5, 0.6) is 0 Å². The fraction of sp³-hybridized carbons (Fsp3) is 0.200. The molecule has 7 heteroatoms. The van der Waals surface area contributed by atoms with Crippen LogP contribution in [0.15, 0.2) is 74.9 Å². The fourth-order valence-electron chi connectivity index (χ4n) is 2.44. The molecule has 140 valence electrons. The Balaban J connectivity index is 1.61. The number of aliphatic imine (C=N–C) groups is 1. The lowest BCUT2D eigenvalue weighted by atomic mass is 10.2. The van der Waals surface area contributed by atoms with Gasteiger partial charge in [-0.3, -0.25) is 4.79 Å². The second kappa shape index (κ2) is 9.28. The number of hydrogen-bond donors (Lipinski definition) is 3. The highest BCUT2D eigenvalue weighted by Crippen LogP contribution is 2.13. The summed E-state index contributed by atoms with van der Waals surface area (Å²) in [5.74, 6) is 1.52. The summed E-state index contributed by atoms with van der Waals surface area (Å²) in [6.45, 7) is 3.79. The fourth-order valence-corrected chi connectivity index (χ4v) is 2.44. The highest BCUT2D eigenvalue weighted by atomic mass is 16.3. The summed E-state index contributed by atoms with van der Waals surface area (Å²) in [6, 6.07) is 14.6. The lowest BCUT2D eigenvalue weighted by Crippen LogP contribution is -2.36. The highest BCUT2D eigenvalue weighted by Gasteiger charge is 2.08. The van der Waals surface area contributed by atoms with Crippen molar-refractivity contribution in [1.82, 2.24) is 10.6 Å². The number of nitrogens with one attached hydrogen (secondary N) is 3. The van der Waals surface area contributed by atoms with Gasteiger partial charge in [0.25, 0.3) is 5.91 Å². The first-order valence-corrected chi connectivity index (χ1v) is 8.73. The quantitative estimate of drug-likeness (QED) is 0.440. The van der Waals surface area contributed by atoms with Crippen molar-refractivity contribution < 1.29 is 13.6 Å². The number of carbonyl (C=O) groups is 1. The first-order valence-electron chi connectivity index (χ1n) is 8.73. The molecule has 27 heavy (non-hydrogen) atoms. The summed E-state index contributed by atoms with van der Waals surface area (Å²) in [5, 5.41) is 9.23. The van der Waals surface area contributed by atoms with E-state index < -0.39 is 0 Å². The largest absolute Gasteiger partial charge is 0.467 e. The van der Waals surface area contributed by atoms with Gasteiger partial charge < -0.3 is 24.8 Å². The molecule has 1 aromatic carbocycles. The first-order chi connectivity index (χ1) is 13.2. The minimum absolute atomic E-state index is 0.273. The Labute approximate surface area is 157 Å². The monoisotopic (exact) mass is 366 g/mol. The Hall–Kier alpha value is -3.48. The SMILES string of the molecule is CCNC(=NCc1cccc(NC(=O)c2ccco2)c1)NCc1ccco1. The minimum Gasteiger partial charge on any atom is -0.467 e. The first kappa shape index (κ1) is 18.3. The van der Waals surface area contributed by atoms with Gasteiger partial charge in [-0.05, 0) is 48.9 Å². The van der Waals surface area contributed by atoms with Crippen LogP contribution in [-0.4, -0.2) is 18.4 Å². The van der Waals surface area contributed by atoms with Crippen molar-refractivity contribution in [3.05, 3.63) is 78.1 Å². The van der Waals surface area contributed by atoms with E-state index in [4.69, 9.17) is 8.83 Å². The molecular weight excluding hydrogens is 344 g/mol. The third-order valence-electron chi connectivity index (χ3n) is 3.70. The Bertz CT molecular complexity index is 871. The topological polar surface area (TPSA) is 91.8 Å². The van der Waals surface area contributed by atoms with E-state index in [1.165, 1.54) is 6.26 Å². The van der Waals surface area contributed by atoms with Gasteiger partial charge in [-0.2, -0.15) is 0 Å². The Kier molecular flexibility index (Phi) is 6.30. The van der Waals surface area contributed by atoms with Crippen LogP contribution in [0, 0.1) is 0 Å². The second-order valence-corrected chi connectivity index (χ2v) is 5.76. The molecule has 0 radical (unpaired) electrons.